The Kier molecular flexibility index (Phi) is 2.73. The van der Waals surface area contributed by atoms with E-state index in [0.717, 1.165) is 11.3 Å². The molecule has 0 amide bonds. The highest BCUT2D eigenvalue weighted by atomic mass is 16.5. The molecule has 0 aromatic carbocycles. The van der Waals surface area contributed by atoms with Gasteiger partial charge in [-0.3, -0.25) is 0 Å². The van der Waals surface area contributed by atoms with Crippen molar-refractivity contribution in [3.8, 4) is 0 Å². The van der Waals surface area contributed by atoms with Crippen molar-refractivity contribution in [3.05, 3.63) is 48.3 Å². The van der Waals surface area contributed by atoms with Crippen molar-refractivity contribution in [2.24, 2.45) is 0 Å². The van der Waals surface area contributed by atoms with Crippen LogP contribution in [0, 0.1) is 0 Å². The fourth-order valence-corrected chi connectivity index (χ4v) is 0.972. The van der Waals surface area contributed by atoms with Crippen LogP contribution in [0.4, 0.5) is 0 Å². The first-order valence-electron chi connectivity index (χ1n) is 3.67. The molecular formula is C10H12O. The lowest BCUT2D eigenvalue weighted by Gasteiger charge is -2.11. The molecule has 0 N–H and O–H groups in total. The zero-order valence-corrected chi connectivity index (χ0v) is 6.71. The average Bonchev–Trinajstić information content (AvgIpc) is 2.06. The summed E-state index contributed by atoms with van der Waals surface area (Å²) in [4.78, 5) is 0. The summed E-state index contributed by atoms with van der Waals surface area (Å²) < 4.78 is 5.32. The van der Waals surface area contributed by atoms with Crippen LogP contribution in [0.1, 0.15) is 6.92 Å². The Bertz CT molecular complexity index is 227. The zero-order chi connectivity index (χ0) is 8.10. The second kappa shape index (κ2) is 3.81. The molecule has 0 aromatic rings. The van der Waals surface area contributed by atoms with Crippen molar-refractivity contribution in [1.29, 1.82) is 0 Å². The molecule has 0 unspecified atom stereocenters. The topological polar surface area (TPSA) is 9.23 Å². The van der Waals surface area contributed by atoms with Gasteiger partial charge in [-0.15, -0.1) is 0 Å². The van der Waals surface area contributed by atoms with Crippen LogP contribution in [0.5, 0.6) is 0 Å². The molecule has 0 radical (unpaired) electrons. The Hall–Kier alpha value is -1.24. The molecule has 58 valence electrons. The summed E-state index contributed by atoms with van der Waals surface area (Å²) in [5, 5.41) is 0. The third-order valence-corrected chi connectivity index (χ3v) is 1.45. The first kappa shape index (κ1) is 7.86. The lowest BCUT2D eigenvalue weighted by Crippen LogP contribution is -1.97. The Morgan fingerprint density at radius 3 is 3.09 bits per heavy atom. The molecule has 1 heterocycles. The number of ether oxygens (including phenoxy) is 1. The van der Waals surface area contributed by atoms with Crippen LogP contribution in [0.3, 0.4) is 0 Å². The van der Waals surface area contributed by atoms with Gasteiger partial charge in [-0.2, -0.15) is 0 Å². The zero-order valence-electron chi connectivity index (χ0n) is 6.71. The minimum atomic E-state index is 0.655. The molecule has 0 saturated carbocycles. The standard InChI is InChI=1S/C10H12O/c1-3-6-9-7-5-8-11-10(9)4-2/h3-7H,2,8H2,1H3/b6-3-. The third kappa shape index (κ3) is 1.84. The van der Waals surface area contributed by atoms with Crippen LogP contribution >= 0.6 is 0 Å². The van der Waals surface area contributed by atoms with Gasteiger partial charge in [-0.25, -0.2) is 0 Å². The number of hydrogen-bond donors (Lipinski definition) is 0. The molecule has 11 heavy (non-hydrogen) atoms. The number of rotatable bonds is 2. The molecule has 0 aliphatic carbocycles. The molecule has 0 atom stereocenters. The Labute approximate surface area is 67.4 Å². The summed E-state index contributed by atoms with van der Waals surface area (Å²) in [6.07, 6.45) is 9.76. The molecule has 0 saturated heterocycles. The second-order valence-electron chi connectivity index (χ2n) is 2.24. The summed E-state index contributed by atoms with van der Waals surface area (Å²) in [6, 6.07) is 0. The van der Waals surface area contributed by atoms with E-state index in [0.29, 0.717) is 6.61 Å². The van der Waals surface area contributed by atoms with E-state index in [1.807, 2.05) is 31.2 Å². The smallest absolute Gasteiger partial charge is 0.126 e. The number of allylic oxidation sites excluding steroid dienone is 5. The highest BCUT2D eigenvalue weighted by molar-refractivity contribution is 5.38. The van der Waals surface area contributed by atoms with Crippen LogP contribution in [-0.4, -0.2) is 6.61 Å². The third-order valence-electron chi connectivity index (χ3n) is 1.45. The molecular weight excluding hydrogens is 136 g/mol. The Morgan fingerprint density at radius 1 is 1.64 bits per heavy atom. The molecule has 1 rings (SSSR count). The Morgan fingerprint density at radius 2 is 2.45 bits per heavy atom. The fraction of sp³-hybridized carbons (Fsp3) is 0.200. The lowest BCUT2D eigenvalue weighted by atomic mass is 10.1. The number of hydrogen-bond acceptors (Lipinski definition) is 1. The predicted octanol–water partition coefficient (Wildman–Crippen LogP) is 2.59. The fourth-order valence-electron chi connectivity index (χ4n) is 0.972. The molecule has 1 aliphatic heterocycles. The van der Waals surface area contributed by atoms with Crippen LogP contribution < -0.4 is 0 Å². The summed E-state index contributed by atoms with van der Waals surface area (Å²) in [5.41, 5.74) is 1.09. The first-order valence-corrected chi connectivity index (χ1v) is 3.67. The van der Waals surface area contributed by atoms with E-state index >= 15 is 0 Å². The van der Waals surface area contributed by atoms with Gasteiger partial charge in [0, 0.05) is 5.57 Å². The molecule has 0 bridgehead atoms. The summed E-state index contributed by atoms with van der Waals surface area (Å²) in [6.45, 7) is 6.30. The van der Waals surface area contributed by atoms with Crippen LogP contribution in [-0.2, 0) is 4.74 Å². The highest BCUT2D eigenvalue weighted by Crippen LogP contribution is 2.14. The summed E-state index contributed by atoms with van der Waals surface area (Å²) in [7, 11) is 0. The normalized spacial score (nSPS) is 17.2. The summed E-state index contributed by atoms with van der Waals surface area (Å²) >= 11 is 0. The lowest BCUT2D eigenvalue weighted by molar-refractivity contribution is 0.255. The highest BCUT2D eigenvalue weighted by Gasteiger charge is 2.01. The molecule has 0 spiro atoms. The molecule has 0 fully saturated rings. The van der Waals surface area contributed by atoms with Gasteiger partial charge in [-0.1, -0.05) is 24.8 Å². The van der Waals surface area contributed by atoms with E-state index in [2.05, 4.69) is 6.58 Å². The maximum Gasteiger partial charge on any atom is 0.126 e. The van der Waals surface area contributed by atoms with Crippen molar-refractivity contribution in [2.75, 3.05) is 6.61 Å². The van der Waals surface area contributed by atoms with Crippen molar-refractivity contribution in [2.45, 2.75) is 6.92 Å². The van der Waals surface area contributed by atoms with Gasteiger partial charge in [0.05, 0.1) is 0 Å². The van der Waals surface area contributed by atoms with Crippen LogP contribution in [0.25, 0.3) is 0 Å². The van der Waals surface area contributed by atoms with Gasteiger partial charge >= 0.3 is 0 Å². The predicted molar refractivity (Wildman–Crippen MR) is 47.1 cm³/mol. The SMILES string of the molecule is C=CC1=C(/C=C\C)C=CCO1. The molecule has 1 heteroatoms. The second-order valence-corrected chi connectivity index (χ2v) is 2.24. The van der Waals surface area contributed by atoms with Crippen LogP contribution in [0.15, 0.2) is 48.3 Å². The molecule has 1 nitrogen and oxygen atoms in total. The van der Waals surface area contributed by atoms with Crippen molar-refractivity contribution in [1.82, 2.24) is 0 Å². The van der Waals surface area contributed by atoms with E-state index in [9.17, 15) is 0 Å². The largest absolute Gasteiger partial charge is 0.489 e. The van der Waals surface area contributed by atoms with E-state index in [-0.39, 0.29) is 0 Å². The van der Waals surface area contributed by atoms with Crippen LogP contribution in [0.2, 0.25) is 0 Å². The van der Waals surface area contributed by atoms with Gasteiger partial charge in [0.15, 0.2) is 0 Å². The van der Waals surface area contributed by atoms with E-state index in [1.54, 1.807) is 6.08 Å². The van der Waals surface area contributed by atoms with Gasteiger partial charge < -0.3 is 4.74 Å². The maximum absolute atomic E-state index is 5.32. The first-order chi connectivity index (χ1) is 5.38. The van der Waals surface area contributed by atoms with E-state index < -0.39 is 0 Å². The van der Waals surface area contributed by atoms with Crippen molar-refractivity contribution < 1.29 is 4.74 Å². The monoisotopic (exact) mass is 148 g/mol. The maximum atomic E-state index is 5.32. The van der Waals surface area contributed by atoms with E-state index in [4.69, 9.17) is 4.74 Å². The minimum Gasteiger partial charge on any atom is -0.489 e. The van der Waals surface area contributed by atoms with E-state index in [1.165, 1.54) is 0 Å². The minimum absolute atomic E-state index is 0.655. The van der Waals surface area contributed by atoms with Gasteiger partial charge in [0.1, 0.15) is 12.4 Å². The van der Waals surface area contributed by atoms with Crippen molar-refractivity contribution >= 4 is 0 Å². The summed E-state index contributed by atoms with van der Waals surface area (Å²) in [5.74, 6) is 0.866. The van der Waals surface area contributed by atoms with Gasteiger partial charge in [0.25, 0.3) is 0 Å². The molecule has 1 aliphatic rings. The molecule has 0 aromatic heterocycles. The van der Waals surface area contributed by atoms with Gasteiger partial charge in [0.2, 0.25) is 0 Å². The van der Waals surface area contributed by atoms with Gasteiger partial charge in [-0.05, 0) is 19.1 Å². The average molecular weight is 148 g/mol. The quantitative estimate of drug-likeness (QED) is 0.584. The van der Waals surface area contributed by atoms with Crippen molar-refractivity contribution in [3.63, 3.8) is 0 Å². The Balaban J connectivity index is 2.91.